The number of furan rings is 1. The Kier molecular flexibility index (Phi) is 7.00. The molecule has 3 heterocycles. The lowest BCUT2D eigenvalue weighted by Crippen LogP contribution is -2.14. The number of thioether (sulfide) groups is 1. The number of nitrogens with zero attached hydrogens (tertiary/aromatic N) is 4. The monoisotopic (exact) mass is 505 g/mol. The maximum absolute atomic E-state index is 12.5. The Morgan fingerprint density at radius 3 is 2.88 bits per heavy atom. The van der Waals surface area contributed by atoms with E-state index >= 15 is 0 Å². The smallest absolute Gasteiger partial charge is 0.236 e. The number of hydrogen-bond donors (Lipinski definition) is 1. The van der Waals surface area contributed by atoms with Crippen LogP contribution in [0.15, 0.2) is 58.1 Å². The van der Waals surface area contributed by atoms with Crippen molar-refractivity contribution < 1.29 is 9.21 Å². The van der Waals surface area contributed by atoms with E-state index in [0.717, 1.165) is 16.9 Å². The number of carbonyl (C=O) groups excluding carboxylic acids is 1. The minimum Gasteiger partial charge on any atom is -0.469 e. The third-order valence-corrected chi connectivity index (χ3v) is 6.69. The number of thiazole rings is 1. The molecule has 0 bridgehead atoms. The highest BCUT2D eigenvalue weighted by Gasteiger charge is 2.18. The zero-order valence-electron chi connectivity index (χ0n) is 16.8. The molecule has 0 fully saturated rings. The highest BCUT2D eigenvalue weighted by molar-refractivity contribution is 7.99. The molecule has 0 aliphatic heterocycles. The van der Waals surface area contributed by atoms with Gasteiger partial charge < -0.3 is 9.73 Å². The predicted octanol–water partition coefficient (Wildman–Crippen LogP) is 6.19. The summed E-state index contributed by atoms with van der Waals surface area (Å²) in [6.07, 6.45) is 3.36. The van der Waals surface area contributed by atoms with E-state index < -0.39 is 0 Å². The minimum absolute atomic E-state index is 0.149. The molecule has 11 heteroatoms. The van der Waals surface area contributed by atoms with E-state index in [0.29, 0.717) is 38.4 Å². The molecule has 164 valence electrons. The van der Waals surface area contributed by atoms with Gasteiger partial charge in [-0.1, -0.05) is 41.0 Å². The second-order valence-corrected chi connectivity index (χ2v) is 9.24. The Hall–Kier alpha value is -2.59. The second kappa shape index (κ2) is 9.91. The fourth-order valence-electron chi connectivity index (χ4n) is 2.94. The molecule has 0 spiro atoms. The van der Waals surface area contributed by atoms with Gasteiger partial charge in [-0.15, -0.1) is 28.1 Å². The number of aryl methyl sites for hydroxylation is 1. The van der Waals surface area contributed by atoms with Crippen molar-refractivity contribution in [3.05, 3.63) is 64.4 Å². The third kappa shape index (κ3) is 4.91. The van der Waals surface area contributed by atoms with Gasteiger partial charge in [0.05, 0.1) is 28.3 Å². The number of carbonyl (C=O) groups is 1. The molecule has 0 unspecified atom stereocenters. The lowest BCUT2D eigenvalue weighted by molar-refractivity contribution is -0.113. The van der Waals surface area contributed by atoms with Gasteiger partial charge in [0.25, 0.3) is 0 Å². The molecule has 0 saturated carbocycles. The normalized spacial score (nSPS) is 11.0. The lowest BCUT2D eigenvalue weighted by atomic mass is 10.2. The van der Waals surface area contributed by atoms with Gasteiger partial charge in [0.15, 0.2) is 16.1 Å². The summed E-state index contributed by atoms with van der Waals surface area (Å²) in [4.78, 5) is 17.0. The summed E-state index contributed by atoms with van der Waals surface area (Å²) in [6.45, 7) is 6.17. The van der Waals surface area contributed by atoms with Crippen LogP contribution in [-0.2, 0) is 11.3 Å². The second-order valence-electron chi connectivity index (χ2n) is 6.59. The fraction of sp³-hybridized carbons (Fsp3) is 0.143. The molecule has 0 saturated heterocycles. The third-order valence-electron chi connectivity index (χ3n) is 4.42. The van der Waals surface area contributed by atoms with E-state index in [2.05, 4.69) is 27.1 Å². The van der Waals surface area contributed by atoms with E-state index in [-0.39, 0.29) is 11.7 Å². The summed E-state index contributed by atoms with van der Waals surface area (Å²) in [6, 6.07) is 7.04. The first-order valence-corrected chi connectivity index (χ1v) is 12.0. The quantitative estimate of drug-likeness (QED) is 0.226. The van der Waals surface area contributed by atoms with Gasteiger partial charge in [-0.3, -0.25) is 9.36 Å². The number of allylic oxidation sites excluding steroid dienone is 1. The SMILES string of the molecule is C=CCn1c(SCC(=O)Nc2nc(-c3ccc(Cl)cc3Cl)cs2)nnc1-c1ccoc1C. The van der Waals surface area contributed by atoms with Crippen molar-refractivity contribution >= 4 is 57.3 Å². The number of hydrogen-bond acceptors (Lipinski definition) is 7. The summed E-state index contributed by atoms with van der Waals surface area (Å²) < 4.78 is 7.27. The van der Waals surface area contributed by atoms with Gasteiger partial charge in [-0.25, -0.2) is 4.98 Å². The summed E-state index contributed by atoms with van der Waals surface area (Å²) in [5.74, 6) is 1.36. The van der Waals surface area contributed by atoms with Crippen LogP contribution < -0.4 is 5.32 Å². The van der Waals surface area contributed by atoms with Crippen molar-refractivity contribution in [2.75, 3.05) is 11.1 Å². The van der Waals surface area contributed by atoms with E-state index in [9.17, 15) is 4.79 Å². The van der Waals surface area contributed by atoms with Gasteiger partial charge in [0, 0.05) is 22.5 Å². The highest BCUT2D eigenvalue weighted by atomic mass is 35.5. The van der Waals surface area contributed by atoms with Crippen LogP contribution in [0.1, 0.15) is 5.76 Å². The minimum atomic E-state index is -0.202. The number of nitrogens with one attached hydrogen (secondary N) is 1. The molecule has 0 atom stereocenters. The Labute approximate surface area is 202 Å². The Morgan fingerprint density at radius 1 is 1.31 bits per heavy atom. The zero-order chi connectivity index (χ0) is 22.7. The average Bonchev–Trinajstić information content (AvgIpc) is 3.47. The molecule has 1 aromatic carbocycles. The molecule has 0 aliphatic carbocycles. The van der Waals surface area contributed by atoms with E-state index in [1.807, 2.05) is 22.9 Å². The van der Waals surface area contributed by atoms with Crippen molar-refractivity contribution in [3.63, 3.8) is 0 Å². The average molecular weight is 506 g/mol. The van der Waals surface area contributed by atoms with Crippen LogP contribution >= 0.6 is 46.3 Å². The largest absolute Gasteiger partial charge is 0.469 e. The van der Waals surface area contributed by atoms with Crippen LogP contribution in [0.4, 0.5) is 5.13 Å². The topological polar surface area (TPSA) is 85.8 Å². The van der Waals surface area contributed by atoms with E-state index in [1.165, 1.54) is 23.1 Å². The Balaban J connectivity index is 1.43. The van der Waals surface area contributed by atoms with Gasteiger partial charge in [-0.2, -0.15) is 0 Å². The van der Waals surface area contributed by atoms with Crippen LogP contribution in [0.5, 0.6) is 0 Å². The first-order chi connectivity index (χ1) is 15.5. The van der Waals surface area contributed by atoms with Crippen LogP contribution in [-0.4, -0.2) is 31.4 Å². The molecule has 32 heavy (non-hydrogen) atoms. The van der Waals surface area contributed by atoms with Crippen LogP contribution in [0.25, 0.3) is 22.6 Å². The molecule has 4 aromatic rings. The number of amides is 1. The molecule has 0 aliphatic rings. The Bertz CT molecular complexity index is 1280. The van der Waals surface area contributed by atoms with E-state index in [4.69, 9.17) is 27.6 Å². The summed E-state index contributed by atoms with van der Waals surface area (Å²) in [5.41, 5.74) is 2.28. The first kappa shape index (κ1) is 22.6. The van der Waals surface area contributed by atoms with Crippen molar-refractivity contribution in [1.82, 2.24) is 19.7 Å². The summed E-state index contributed by atoms with van der Waals surface area (Å²) in [7, 11) is 0. The highest BCUT2D eigenvalue weighted by Crippen LogP contribution is 2.32. The number of halogens is 2. The summed E-state index contributed by atoms with van der Waals surface area (Å²) in [5, 5.41) is 15.3. The maximum atomic E-state index is 12.5. The standard InChI is InChI=1S/C21H17Cl2N5O2S2/c1-3-7-28-19(14-6-8-30-12(14)2)26-27-21(28)32-11-18(29)25-20-24-17(10-31-20)15-5-4-13(22)9-16(15)23/h3-6,8-10H,1,7,11H2,2H3,(H,24,25,29). The van der Waals surface area contributed by atoms with E-state index in [1.54, 1.807) is 30.5 Å². The molecule has 4 rings (SSSR count). The van der Waals surface area contributed by atoms with Gasteiger partial charge in [0.2, 0.25) is 5.91 Å². The molecule has 7 nitrogen and oxygen atoms in total. The summed E-state index contributed by atoms with van der Waals surface area (Å²) >= 11 is 14.8. The van der Waals surface area contributed by atoms with Crippen molar-refractivity contribution in [2.45, 2.75) is 18.6 Å². The fourth-order valence-corrected chi connectivity index (χ4v) is 4.92. The van der Waals surface area contributed by atoms with Gasteiger partial charge >= 0.3 is 0 Å². The van der Waals surface area contributed by atoms with Crippen molar-refractivity contribution in [2.24, 2.45) is 0 Å². The molecule has 0 radical (unpaired) electrons. The molecule has 1 amide bonds. The maximum Gasteiger partial charge on any atom is 0.236 e. The van der Waals surface area contributed by atoms with Gasteiger partial charge in [-0.05, 0) is 31.2 Å². The number of aromatic nitrogens is 4. The van der Waals surface area contributed by atoms with Crippen molar-refractivity contribution in [1.29, 1.82) is 0 Å². The zero-order valence-corrected chi connectivity index (χ0v) is 20.0. The number of rotatable bonds is 8. The molecular formula is C21H17Cl2N5O2S2. The van der Waals surface area contributed by atoms with Crippen LogP contribution in [0.3, 0.4) is 0 Å². The van der Waals surface area contributed by atoms with Gasteiger partial charge in [0.1, 0.15) is 5.76 Å². The Morgan fingerprint density at radius 2 is 2.16 bits per heavy atom. The van der Waals surface area contributed by atoms with Crippen molar-refractivity contribution in [3.8, 4) is 22.6 Å². The number of anilines is 1. The molecule has 1 N–H and O–H groups in total. The van der Waals surface area contributed by atoms with Crippen LogP contribution in [0.2, 0.25) is 10.0 Å². The first-order valence-electron chi connectivity index (χ1n) is 9.38. The lowest BCUT2D eigenvalue weighted by Gasteiger charge is -2.07. The molecular weight excluding hydrogens is 489 g/mol. The molecule has 3 aromatic heterocycles. The number of benzene rings is 1. The predicted molar refractivity (Wildman–Crippen MR) is 130 cm³/mol. The van der Waals surface area contributed by atoms with Crippen LogP contribution in [0, 0.1) is 6.92 Å².